The number of aryl methyl sites for hydroxylation is 1. The van der Waals surface area contributed by atoms with Crippen LogP contribution in [0.5, 0.6) is 0 Å². The first-order chi connectivity index (χ1) is 8.93. The molecule has 0 atom stereocenters. The second-order valence-corrected chi connectivity index (χ2v) is 4.50. The average Bonchev–Trinajstić information content (AvgIpc) is 2.73. The molecule has 0 unspecified atom stereocenters. The molecule has 4 heteroatoms. The topological polar surface area (TPSA) is 58.9 Å². The van der Waals surface area contributed by atoms with Gasteiger partial charge in [0.05, 0.1) is 5.69 Å². The molecule has 0 radical (unpaired) electrons. The number of fused-ring (bicyclic) bond motifs is 1. The number of hydrogen-bond donors (Lipinski definition) is 2. The van der Waals surface area contributed by atoms with Crippen molar-refractivity contribution in [2.75, 3.05) is 0 Å². The molecule has 0 aliphatic carbocycles. The molecule has 0 amide bonds. The normalized spacial score (nSPS) is 12.4. The number of Topliss-reactive ketones (excluding diaryl/α,β-unsaturated/α-hetero) is 1. The van der Waals surface area contributed by atoms with Gasteiger partial charge in [0.25, 0.3) is 0 Å². The number of halogens is 1. The third-order valence-electron chi connectivity index (χ3n) is 3.02. The van der Waals surface area contributed by atoms with Gasteiger partial charge in [-0.15, -0.1) is 0 Å². The molecule has 0 aliphatic heterocycles. The molecular weight excluding hydrogens is 243 g/mol. The zero-order valence-corrected chi connectivity index (χ0v) is 10.9. The van der Waals surface area contributed by atoms with Gasteiger partial charge in [0.2, 0.25) is 5.78 Å². The third kappa shape index (κ3) is 2.29. The molecule has 0 spiro atoms. The van der Waals surface area contributed by atoms with Crippen LogP contribution < -0.4 is 5.73 Å². The number of aromatic amines is 1. The van der Waals surface area contributed by atoms with Crippen LogP contribution in [0.15, 0.2) is 42.1 Å². The molecule has 3 N–H and O–H groups in total. The van der Waals surface area contributed by atoms with Gasteiger partial charge < -0.3 is 10.7 Å². The first kappa shape index (κ1) is 13.1. The Hall–Kier alpha value is -2.36. The van der Waals surface area contributed by atoms with Crippen molar-refractivity contribution in [1.82, 2.24) is 4.98 Å². The molecule has 0 saturated carbocycles. The van der Waals surface area contributed by atoms with Gasteiger partial charge in [-0.1, -0.05) is 12.7 Å². The standard InChI is InChI=1S/C15H15FN2O/c1-4-11(9(3)17)15(19)14-7-10-6-12(16)8(2)5-13(10)18-14/h4-7,18H,1,17H2,2-3H3/b11-9-. The number of H-pyrrole nitrogens is 1. The number of nitrogens with one attached hydrogen (secondary N) is 1. The lowest BCUT2D eigenvalue weighted by Crippen LogP contribution is -2.08. The van der Waals surface area contributed by atoms with E-state index in [1.807, 2.05) is 0 Å². The fourth-order valence-corrected chi connectivity index (χ4v) is 1.96. The summed E-state index contributed by atoms with van der Waals surface area (Å²) in [4.78, 5) is 15.2. The highest BCUT2D eigenvalue weighted by molar-refractivity contribution is 6.11. The van der Waals surface area contributed by atoms with Gasteiger partial charge in [-0.05, 0) is 37.6 Å². The van der Waals surface area contributed by atoms with E-state index in [1.165, 1.54) is 12.1 Å². The maximum Gasteiger partial charge on any atom is 0.210 e. The van der Waals surface area contributed by atoms with E-state index in [9.17, 15) is 9.18 Å². The van der Waals surface area contributed by atoms with E-state index in [0.717, 1.165) is 5.52 Å². The maximum atomic E-state index is 13.5. The van der Waals surface area contributed by atoms with Crippen LogP contribution in [-0.2, 0) is 0 Å². The number of benzene rings is 1. The van der Waals surface area contributed by atoms with Crippen molar-refractivity contribution < 1.29 is 9.18 Å². The highest BCUT2D eigenvalue weighted by Gasteiger charge is 2.15. The fraction of sp³-hybridized carbons (Fsp3) is 0.133. The van der Waals surface area contributed by atoms with E-state index in [-0.39, 0.29) is 11.6 Å². The van der Waals surface area contributed by atoms with Crippen LogP contribution in [0.2, 0.25) is 0 Å². The quantitative estimate of drug-likeness (QED) is 0.504. The Morgan fingerprint density at radius 1 is 1.42 bits per heavy atom. The Labute approximate surface area is 110 Å². The Morgan fingerprint density at radius 2 is 2.11 bits per heavy atom. The molecule has 0 bridgehead atoms. The second-order valence-electron chi connectivity index (χ2n) is 4.50. The molecule has 1 heterocycles. The molecule has 2 aromatic rings. The van der Waals surface area contributed by atoms with Gasteiger partial charge >= 0.3 is 0 Å². The number of ketones is 1. The SMILES string of the molecule is C=C/C(C(=O)c1cc2cc(F)c(C)cc2[nH]1)=C(\C)N. The number of carbonyl (C=O) groups is 1. The lowest BCUT2D eigenvalue weighted by molar-refractivity contribution is 0.103. The molecule has 0 aliphatic rings. The lowest BCUT2D eigenvalue weighted by Gasteiger charge is -2.01. The predicted octanol–water partition coefficient (Wildman–Crippen LogP) is 3.22. The van der Waals surface area contributed by atoms with Gasteiger partial charge in [-0.25, -0.2) is 4.39 Å². The van der Waals surface area contributed by atoms with E-state index >= 15 is 0 Å². The van der Waals surface area contributed by atoms with Crippen LogP contribution in [0.3, 0.4) is 0 Å². The summed E-state index contributed by atoms with van der Waals surface area (Å²) in [5.41, 5.74) is 8.02. The summed E-state index contributed by atoms with van der Waals surface area (Å²) in [5.74, 6) is -0.538. The summed E-state index contributed by atoms with van der Waals surface area (Å²) in [6, 6.07) is 4.70. The van der Waals surface area contributed by atoms with Gasteiger partial charge in [-0.3, -0.25) is 4.79 Å². The molecule has 1 aromatic carbocycles. The van der Waals surface area contributed by atoms with Crippen molar-refractivity contribution in [2.45, 2.75) is 13.8 Å². The van der Waals surface area contributed by atoms with Crippen LogP contribution in [-0.4, -0.2) is 10.8 Å². The number of rotatable bonds is 3. The van der Waals surface area contributed by atoms with E-state index in [4.69, 9.17) is 5.73 Å². The minimum Gasteiger partial charge on any atom is -0.402 e. The Balaban J connectivity index is 2.56. The fourth-order valence-electron chi connectivity index (χ4n) is 1.96. The predicted molar refractivity (Wildman–Crippen MR) is 74.4 cm³/mol. The Morgan fingerprint density at radius 3 is 2.68 bits per heavy atom. The number of nitrogens with two attached hydrogens (primary N) is 1. The summed E-state index contributed by atoms with van der Waals surface area (Å²) in [5, 5.41) is 0.657. The molecule has 3 nitrogen and oxygen atoms in total. The highest BCUT2D eigenvalue weighted by Crippen LogP contribution is 2.21. The number of allylic oxidation sites excluding steroid dienone is 3. The summed E-state index contributed by atoms with van der Waals surface area (Å²) in [6.07, 6.45) is 1.43. The summed E-state index contributed by atoms with van der Waals surface area (Å²) in [7, 11) is 0. The van der Waals surface area contributed by atoms with Crippen LogP contribution in [0.1, 0.15) is 23.0 Å². The number of hydrogen-bond acceptors (Lipinski definition) is 2. The lowest BCUT2D eigenvalue weighted by atomic mass is 10.1. The van der Waals surface area contributed by atoms with Crippen molar-refractivity contribution in [3.8, 4) is 0 Å². The third-order valence-corrected chi connectivity index (χ3v) is 3.02. The van der Waals surface area contributed by atoms with Crippen molar-refractivity contribution in [2.24, 2.45) is 5.73 Å². The molecule has 2 rings (SSSR count). The highest BCUT2D eigenvalue weighted by atomic mass is 19.1. The summed E-state index contributed by atoms with van der Waals surface area (Å²) in [6.45, 7) is 6.90. The molecular formula is C15H15FN2O. The van der Waals surface area contributed by atoms with Crippen LogP contribution in [0, 0.1) is 12.7 Å². The molecule has 19 heavy (non-hydrogen) atoms. The van der Waals surface area contributed by atoms with E-state index in [0.29, 0.717) is 27.9 Å². The zero-order valence-electron chi connectivity index (χ0n) is 10.9. The molecule has 98 valence electrons. The van der Waals surface area contributed by atoms with Gasteiger partial charge in [0, 0.05) is 22.2 Å². The minimum absolute atomic E-state index is 0.246. The van der Waals surface area contributed by atoms with Crippen molar-refractivity contribution in [3.05, 3.63) is 59.2 Å². The number of aromatic nitrogens is 1. The smallest absolute Gasteiger partial charge is 0.210 e. The van der Waals surface area contributed by atoms with Crippen molar-refractivity contribution in [1.29, 1.82) is 0 Å². The van der Waals surface area contributed by atoms with E-state index < -0.39 is 0 Å². The summed E-state index contributed by atoms with van der Waals surface area (Å²) < 4.78 is 13.5. The van der Waals surface area contributed by atoms with Crippen LogP contribution in [0.4, 0.5) is 4.39 Å². The maximum absolute atomic E-state index is 13.5. The minimum atomic E-state index is -0.292. The zero-order chi connectivity index (χ0) is 14.2. The molecule has 0 fully saturated rings. The Bertz CT molecular complexity index is 667. The van der Waals surface area contributed by atoms with Crippen LogP contribution >= 0.6 is 0 Å². The number of carbonyl (C=O) groups excluding carboxylic acids is 1. The van der Waals surface area contributed by atoms with Crippen molar-refractivity contribution in [3.63, 3.8) is 0 Å². The first-order valence-electron chi connectivity index (χ1n) is 5.86. The molecule has 1 aromatic heterocycles. The Kier molecular flexibility index (Phi) is 3.25. The van der Waals surface area contributed by atoms with E-state index in [2.05, 4.69) is 11.6 Å². The van der Waals surface area contributed by atoms with Gasteiger partial charge in [0.15, 0.2) is 0 Å². The second kappa shape index (κ2) is 4.72. The van der Waals surface area contributed by atoms with Crippen LogP contribution in [0.25, 0.3) is 10.9 Å². The average molecular weight is 258 g/mol. The van der Waals surface area contributed by atoms with Gasteiger partial charge in [-0.2, -0.15) is 0 Å². The first-order valence-corrected chi connectivity index (χ1v) is 5.86. The van der Waals surface area contributed by atoms with E-state index in [1.54, 1.807) is 26.0 Å². The van der Waals surface area contributed by atoms with Gasteiger partial charge in [0.1, 0.15) is 5.82 Å². The monoisotopic (exact) mass is 258 g/mol. The largest absolute Gasteiger partial charge is 0.402 e. The van der Waals surface area contributed by atoms with Crippen molar-refractivity contribution >= 4 is 16.7 Å². The summed E-state index contributed by atoms with van der Waals surface area (Å²) >= 11 is 0. The molecule has 0 saturated heterocycles.